The van der Waals surface area contributed by atoms with Gasteiger partial charge in [0.1, 0.15) is 0 Å². The topological polar surface area (TPSA) is 6.48 Å². The van der Waals surface area contributed by atoms with Gasteiger partial charge in [0.15, 0.2) is 0 Å². The van der Waals surface area contributed by atoms with E-state index in [1.54, 1.807) is 0 Å². The third-order valence-corrected chi connectivity index (χ3v) is 12.0. The Labute approximate surface area is 342 Å². The molecule has 9 aromatic carbocycles. The number of rotatable bonds is 9. The molecule has 1 aliphatic carbocycles. The van der Waals surface area contributed by atoms with Crippen LogP contribution in [0.25, 0.3) is 43.8 Å². The fourth-order valence-electron chi connectivity index (χ4n) is 9.08. The van der Waals surface area contributed by atoms with Crippen LogP contribution in [0.4, 0.5) is 34.1 Å². The summed E-state index contributed by atoms with van der Waals surface area (Å²) in [5, 5.41) is 4.90. The van der Waals surface area contributed by atoms with Gasteiger partial charge in [-0.3, -0.25) is 0 Å². The van der Waals surface area contributed by atoms with Crippen LogP contribution in [0, 0.1) is 0 Å². The second-order valence-electron chi connectivity index (χ2n) is 15.6. The third-order valence-electron chi connectivity index (χ3n) is 12.0. The molecule has 2 heteroatoms. The summed E-state index contributed by atoms with van der Waals surface area (Å²) in [4.78, 5) is 4.81. The van der Waals surface area contributed by atoms with Crippen LogP contribution in [0.2, 0.25) is 0 Å². The van der Waals surface area contributed by atoms with Crippen molar-refractivity contribution in [3.8, 4) is 22.3 Å². The molecule has 1 aliphatic rings. The number of nitrogens with zero attached hydrogens (tertiary/aromatic N) is 2. The van der Waals surface area contributed by atoms with Crippen molar-refractivity contribution < 1.29 is 0 Å². The molecule has 0 saturated heterocycles. The third kappa shape index (κ3) is 7.03. The lowest BCUT2D eigenvalue weighted by Gasteiger charge is -2.29. The molecule has 0 heterocycles. The van der Waals surface area contributed by atoms with Gasteiger partial charge in [-0.2, -0.15) is 0 Å². The molecule has 0 unspecified atom stereocenters. The van der Waals surface area contributed by atoms with E-state index in [0.29, 0.717) is 5.92 Å². The van der Waals surface area contributed by atoms with Crippen LogP contribution in [-0.2, 0) is 0 Å². The highest BCUT2D eigenvalue weighted by molar-refractivity contribution is 6.06. The summed E-state index contributed by atoms with van der Waals surface area (Å²) in [6.07, 6.45) is 6.68. The summed E-state index contributed by atoms with van der Waals surface area (Å²) < 4.78 is 0. The minimum atomic E-state index is 0.686. The first-order valence-corrected chi connectivity index (χ1v) is 20.8. The summed E-state index contributed by atoms with van der Waals surface area (Å²) in [5.74, 6) is 0.686. The fourth-order valence-corrected chi connectivity index (χ4v) is 9.08. The van der Waals surface area contributed by atoms with E-state index in [9.17, 15) is 0 Å². The zero-order valence-corrected chi connectivity index (χ0v) is 32.7. The van der Waals surface area contributed by atoms with Crippen molar-refractivity contribution in [1.29, 1.82) is 0 Å². The molecule has 9 aromatic rings. The summed E-state index contributed by atoms with van der Waals surface area (Å²) in [6, 6.07) is 77.7. The van der Waals surface area contributed by atoms with E-state index in [2.05, 4.69) is 222 Å². The molecule has 2 nitrogen and oxygen atoms in total. The Hall–Kier alpha value is -6.90. The lowest BCUT2D eigenvalue weighted by atomic mass is 9.84. The van der Waals surface area contributed by atoms with Gasteiger partial charge in [-0.25, -0.2) is 0 Å². The van der Waals surface area contributed by atoms with Crippen molar-refractivity contribution in [2.24, 2.45) is 0 Å². The minimum Gasteiger partial charge on any atom is -0.311 e. The maximum atomic E-state index is 2.44. The summed E-state index contributed by atoms with van der Waals surface area (Å²) in [6.45, 7) is 0. The molecule has 0 N–H and O–H groups in total. The molecule has 0 spiro atoms. The molecular formula is C56H46N2. The molecule has 0 radical (unpaired) electrons. The number of benzene rings is 9. The Morgan fingerprint density at radius 3 is 1.64 bits per heavy atom. The van der Waals surface area contributed by atoms with Crippen LogP contribution in [0.15, 0.2) is 212 Å². The molecule has 0 bridgehead atoms. The first kappa shape index (κ1) is 35.5. The highest BCUT2D eigenvalue weighted by atomic mass is 15.1. The largest absolute Gasteiger partial charge is 0.311 e. The molecule has 280 valence electrons. The molecule has 0 atom stereocenters. The number of hydrogen-bond donors (Lipinski definition) is 0. The molecule has 0 aliphatic heterocycles. The van der Waals surface area contributed by atoms with Crippen LogP contribution in [-0.4, -0.2) is 0 Å². The number of para-hydroxylation sites is 1. The molecule has 0 aromatic heterocycles. The van der Waals surface area contributed by atoms with Crippen LogP contribution in [0.1, 0.15) is 43.6 Å². The monoisotopic (exact) mass is 746 g/mol. The lowest BCUT2D eigenvalue weighted by molar-refractivity contribution is 0.443. The predicted octanol–water partition coefficient (Wildman–Crippen LogP) is 16.3. The molecule has 58 heavy (non-hydrogen) atoms. The van der Waals surface area contributed by atoms with Crippen molar-refractivity contribution in [3.05, 3.63) is 218 Å². The van der Waals surface area contributed by atoms with Gasteiger partial charge in [0.05, 0.1) is 5.69 Å². The van der Waals surface area contributed by atoms with E-state index in [1.807, 2.05) is 0 Å². The van der Waals surface area contributed by atoms with Gasteiger partial charge in [-0.05, 0) is 129 Å². The van der Waals surface area contributed by atoms with Gasteiger partial charge >= 0.3 is 0 Å². The lowest BCUT2D eigenvalue weighted by Crippen LogP contribution is -2.11. The van der Waals surface area contributed by atoms with Crippen molar-refractivity contribution in [3.63, 3.8) is 0 Å². The smallest absolute Gasteiger partial charge is 0.0546 e. The Morgan fingerprint density at radius 1 is 0.328 bits per heavy atom. The number of hydrogen-bond acceptors (Lipinski definition) is 2. The second-order valence-corrected chi connectivity index (χ2v) is 15.6. The van der Waals surface area contributed by atoms with Crippen LogP contribution in [0.3, 0.4) is 0 Å². The molecular weight excluding hydrogens is 701 g/mol. The average molecular weight is 747 g/mol. The van der Waals surface area contributed by atoms with Crippen LogP contribution < -0.4 is 9.80 Å². The van der Waals surface area contributed by atoms with E-state index < -0.39 is 0 Å². The van der Waals surface area contributed by atoms with Gasteiger partial charge in [-0.1, -0.05) is 165 Å². The summed E-state index contributed by atoms with van der Waals surface area (Å²) in [7, 11) is 0. The Bertz CT molecular complexity index is 2800. The minimum absolute atomic E-state index is 0.686. The summed E-state index contributed by atoms with van der Waals surface area (Å²) in [5.41, 5.74) is 13.1. The standard InChI is InChI=1S/C56H46N2/c1-4-15-41(16-5-1)43-27-33-50(34-28-43)57(49-23-8-3-9-24-49)51-35-29-44(30-36-51)48-22-14-25-52(39-48)58(53-37-31-42-17-10-11-21-47(42)40-53)55-38-32-45-18-12-13-26-54(45)56(55)46-19-6-2-7-20-46/h2-3,6-14,17-41H,1,4-5,15-16H2. The van der Waals surface area contributed by atoms with Gasteiger partial charge in [-0.15, -0.1) is 0 Å². The van der Waals surface area contributed by atoms with E-state index in [1.165, 1.54) is 87.2 Å². The molecule has 1 fully saturated rings. The van der Waals surface area contributed by atoms with Gasteiger partial charge in [0.2, 0.25) is 0 Å². The summed E-state index contributed by atoms with van der Waals surface area (Å²) >= 11 is 0. The van der Waals surface area contributed by atoms with Crippen LogP contribution >= 0.6 is 0 Å². The predicted molar refractivity (Wildman–Crippen MR) is 248 cm³/mol. The molecule has 10 rings (SSSR count). The number of fused-ring (bicyclic) bond motifs is 2. The van der Waals surface area contributed by atoms with E-state index >= 15 is 0 Å². The Kier molecular flexibility index (Phi) is 9.75. The van der Waals surface area contributed by atoms with Crippen LogP contribution in [0.5, 0.6) is 0 Å². The molecule has 1 saturated carbocycles. The average Bonchev–Trinajstić information content (AvgIpc) is 3.30. The van der Waals surface area contributed by atoms with E-state index in [0.717, 1.165) is 28.4 Å². The second kappa shape index (κ2) is 15.9. The van der Waals surface area contributed by atoms with Crippen molar-refractivity contribution in [2.75, 3.05) is 9.80 Å². The zero-order valence-electron chi connectivity index (χ0n) is 32.7. The zero-order chi connectivity index (χ0) is 38.7. The SMILES string of the molecule is c1ccc(-c2c(N(c3cccc(-c4ccc(N(c5ccccc5)c5ccc(C6CCCCC6)cc5)cc4)c3)c3ccc4ccccc4c3)ccc3ccccc23)cc1. The Balaban J connectivity index is 1.06. The quantitative estimate of drug-likeness (QED) is 0.145. The van der Waals surface area contributed by atoms with Gasteiger partial charge < -0.3 is 9.80 Å². The van der Waals surface area contributed by atoms with Gasteiger partial charge in [0, 0.05) is 34.0 Å². The highest BCUT2D eigenvalue weighted by Gasteiger charge is 2.21. The first-order valence-electron chi connectivity index (χ1n) is 20.8. The van der Waals surface area contributed by atoms with E-state index in [-0.39, 0.29) is 0 Å². The van der Waals surface area contributed by atoms with Crippen molar-refractivity contribution in [2.45, 2.75) is 38.0 Å². The van der Waals surface area contributed by atoms with E-state index in [4.69, 9.17) is 0 Å². The van der Waals surface area contributed by atoms with Gasteiger partial charge in [0.25, 0.3) is 0 Å². The van der Waals surface area contributed by atoms with Crippen molar-refractivity contribution in [1.82, 2.24) is 0 Å². The molecule has 0 amide bonds. The maximum Gasteiger partial charge on any atom is 0.0546 e. The maximum absolute atomic E-state index is 2.44. The number of anilines is 6. The van der Waals surface area contributed by atoms with Crippen molar-refractivity contribution >= 4 is 55.7 Å². The highest BCUT2D eigenvalue weighted by Crippen LogP contribution is 2.46. The fraction of sp³-hybridized carbons (Fsp3) is 0.107. The normalized spacial score (nSPS) is 13.1. The first-order chi connectivity index (χ1) is 28.8. The Morgan fingerprint density at radius 2 is 0.879 bits per heavy atom.